The largest absolute Gasteiger partial charge is 0.324 e. The summed E-state index contributed by atoms with van der Waals surface area (Å²) in [5.74, 6) is -0.0823. The number of rotatable bonds is 0. The van der Waals surface area contributed by atoms with Crippen molar-refractivity contribution in [2.75, 3.05) is 0 Å². The van der Waals surface area contributed by atoms with E-state index in [2.05, 4.69) is 0 Å². The molecule has 0 bridgehead atoms. The van der Waals surface area contributed by atoms with Gasteiger partial charge in [0.1, 0.15) is 5.82 Å². The lowest BCUT2D eigenvalue weighted by atomic mass is 9.84. The molecule has 1 aliphatic rings. The molecule has 0 spiro atoms. The SMILES string of the molecule is Cc1cc2c(c(C)c1F)C(N)CCC2. The van der Waals surface area contributed by atoms with E-state index >= 15 is 0 Å². The highest BCUT2D eigenvalue weighted by Gasteiger charge is 2.21. The zero-order valence-corrected chi connectivity index (χ0v) is 8.73. The van der Waals surface area contributed by atoms with E-state index in [1.807, 2.05) is 19.9 Å². The summed E-state index contributed by atoms with van der Waals surface area (Å²) < 4.78 is 13.6. The van der Waals surface area contributed by atoms with Gasteiger partial charge in [0, 0.05) is 6.04 Å². The topological polar surface area (TPSA) is 26.0 Å². The van der Waals surface area contributed by atoms with Crippen molar-refractivity contribution in [3.05, 3.63) is 34.1 Å². The molecule has 76 valence electrons. The molecule has 0 amide bonds. The van der Waals surface area contributed by atoms with Gasteiger partial charge in [-0.1, -0.05) is 6.07 Å². The molecule has 2 N–H and O–H groups in total. The van der Waals surface area contributed by atoms with Gasteiger partial charge in [0.25, 0.3) is 0 Å². The quantitative estimate of drug-likeness (QED) is 0.673. The number of hydrogen-bond acceptors (Lipinski definition) is 1. The fraction of sp³-hybridized carbons (Fsp3) is 0.500. The Balaban J connectivity index is 2.64. The Hall–Kier alpha value is -0.890. The van der Waals surface area contributed by atoms with Crippen molar-refractivity contribution in [3.8, 4) is 0 Å². The van der Waals surface area contributed by atoms with Gasteiger partial charge < -0.3 is 5.73 Å². The van der Waals surface area contributed by atoms with E-state index in [0.717, 1.165) is 36.0 Å². The lowest BCUT2D eigenvalue weighted by Crippen LogP contribution is -2.20. The van der Waals surface area contributed by atoms with E-state index in [4.69, 9.17) is 5.73 Å². The van der Waals surface area contributed by atoms with Crippen molar-refractivity contribution >= 4 is 0 Å². The highest BCUT2D eigenvalue weighted by Crippen LogP contribution is 2.33. The third-order valence-electron chi connectivity index (χ3n) is 3.15. The molecule has 0 aromatic heterocycles. The van der Waals surface area contributed by atoms with Crippen LogP contribution in [0.2, 0.25) is 0 Å². The molecule has 2 rings (SSSR count). The molecule has 1 nitrogen and oxygen atoms in total. The summed E-state index contributed by atoms with van der Waals surface area (Å²) in [5, 5.41) is 0. The van der Waals surface area contributed by atoms with Crippen LogP contribution in [-0.4, -0.2) is 0 Å². The van der Waals surface area contributed by atoms with Crippen molar-refractivity contribution in [2.24, 2.45) is 5.73 Å². The zero-order chi connectivity index (χ0) is 10.3. The van der Waals surface area contributed by atoms with E-state index in [1.54, 1.807) is 0 Å². The van der Waals surface area contributed by atoms with E-state index in [-0.39, 0.29) is 11.9 Å². The summed E-state index contributed by atoms with van der Waals surface area (Å²) in [7, 11) is 0. The summed E-state index contributed by atoms with van der Waals surface area (Å²) in [6, 6.07) is 1.99. The minimum Gasteiger partial charge on any atom is -0.324 e. The molecule has 1 unspecified atom stereocenters. The van der Waals surface area contributed by atoms with Crippen LogP contribution in [0.25, 0.3) is 0 Å². The number of halogens is 1. The van der Waals surface area contributed by atoms with Crippen molar-refractivity contribution in [3.63, 3.8) is 0 Å². The second-order valence-electron chi connectivity index (χ2n) is 4.20. The molecule has 14 heavy (non-hydrogen) atoms. The Morgan fingerprint density at radius 1 is 1.43 bits per heavy atom. The average Bonchev–Trinajstić information content (AvgIpc) is 2.14. The molecule has 1 aromatic carbocycles. The van der Waals surface area contributed by atoms with Crippen LogP contribution in [0.3, 0.4) is 0 Å². The van der Waals surface area contributed by atoms with Crippen LogP contribution in [0, 0.1) is 19.7 Å². The maximum Gasteiger partial charge on any atom is 0.129 e. The third-order valence-corrected chi connectivity index (χ3v) is 3.15. The summed E-state index contributed by atoms with van der Waals surface area (Å²) in [6.45, 7) is 3.66. The Kier molecular flexibility index (Phi) is 2.31. The number of fused-ring (bicyclic) bond motifs is 1. The Morgan fingerprint density at radius 2 is 2.14 bits per heavy atom. The van der Waals surface area contributed by atoms with Crippen LogP contribution in [0.4, 0.5) is 4.39 Å². The molecule has 0 radical (unpaired) electrons. The lowest BCUT2D eigenvalue weighted by molar-refractivity contribution is 0.546. The van der Waals surface area contributed by atoms with Crippen LogP contribution in [-0.2, 0) is 6.42 Å². The lowest BCUT2D eigenvalue weighted by Gasteiger charge is -2.25. The van der Waals surface area contributed by atoms with Gasteiger partial charge in [0.05, 0.1) is 0 Å². The fourth-order valence-electron chi connectivity index (χ4n) is 2.44. The van der Waals surface area contributed by atoms with Gasteiger partial charge >= 0.3 is 0 Å². The molecule has 0 saturated carbocycles. The highest BCUT2D eigenvalue weighted by atomic mass is 19.1. The summed E-state index contributed by atoms with van der Waals surface area (Å²) in [5.41, 5.74) is 9.81. The molecular formula is C12H16FN. The normalized spacial score (nSPS) is 20.7. The van der Waals surface area contributed by atoms with Crippen molar-refractivity contribution < 1.29 is 4.39 Å². The minimum atomic E-state index is -0.0823. The summed E-state index contributed by atoms with van der Waals surface area (Å²) >= 11 is 0. The van der Waals surface area contributed by atoms with Crippen molar-refractivity contribution in [1.29, 1.82) is 0 Å². The predicted octanol–water partition coefficient (Wildman–Crippen LogP) is 2.78. The van der Waals surface area contributed by atoms with E-state index in [0.29, 0.717) is 0 Å². The van der Waals surface area contributed by atoms with Crippen LogP contribution < -0.4 is 5.73 Å². The first-order valence-corrected chi connectivity index (χ1v) is 5.15. The van der Waals surface area contributed by atoms with E-state index in [9.17, 15) is 4.39 Å². The number of hydrogen-bond donors (Lipinski definition) is 1. The highest BCUT2D eigenvalue weighted by molar-refractivity contribution is 5.42. The van der Waals surface area contributed by atoms with Crippen LogP contribution >= 0.6 is 0 Å². The molecule has 0 saturated heterocycles. The Bertz CT molecular complexity index is 371. The molecule has 1 aliphatic carbocycles. The van der Waals surface area contributed by atoms with Gasteiger partial charge in [-0.15, -0.1) is 0 Å². The van der Waals surface area contributed by atoms with Gasteiger partial charge in [-0.2, -0.15) is 0 Å². The Labute approximate surface area is 84.1 Å². The summed E-state index contributed by atoms with van der Waals surface area (Å²) in [4.78, 5) is 0. The zero-order valence-electron chi connectivity index (χ0n) is 8.73. The number of nitrogens with two attached hydrogens (primary N) is 1. The molecule has 2 heteroatoms. The maximum atomic E-state index is 13.6. The van der Waals surface area contributed by atoms with E-state index in [1.165, 1.54) is 5.56 Å². The Morgan fingerprint density at radius 3 is 2.86 bits per heavy atom. The molecular weight excluding hydrogens is 177 g/mol. The molecule has 1 aromatic rings. The molecule has 0 aliphatic heterocycles. The van der Waals surface area contributed by atoms with Gasteiger partial charge in [0.2, 0.25) is 0 Å². The maximum absolute atomic E-state index is 13.6. The van der Waals surface area contributed by atoms with Gasteiger partial charge in [0.15, 0.2) is 0 Å². The van der Waals surface area contributed by atoms with Crippen LogP contribution in [0.1, 0.15) is 41.1 Å². The van der Waals surface area contributed by atoms with Crippen LogP contribution in [0.5, 0.6) is 0 Å². The van der Waals surface area contributed by atoms with Gasteiger partial charge in [-0.25, -0.2) is 4.39 Å². The molecule has 0 fully saturated rings. The number of aryl methyl sites for hydroxylation is 2. The van der Waals surface area contributed by atoms with Gasteiger partial charge in [-0.05, 0) is 55.4 Å². The van der Waals surface area contributed by atoms with Crippen molar-refractivity contribution in [1.82, 2.24) is 0 Å². The number of benzene rings is 1. The first kappa shape index (κ1) is 9.66. The smallest absolute Gasteiger partial charge is 0.129 e. The van der Waals surface area contributed by atoms with E-state index < -0.39 is 0 Å². The standard InChI is InChI=1S/C12H16FN/c1-7-6-9-4-3-5-10(14)11(9)8(2)12(7)13/h6,10H,3-5,14H2,1-2H3. The van der Waals surface area contributed by atoms with Gasteiger partial charge in [-0.3, -0.25) is 0 Å². The first-order valence-electron chi connectivity index (χ1n) is 5.15. The second-order valence-corrected chi connectivity index (χ2v) is 4.20. The second kappa shape index (κ2) is 3.35. The molecule has 1 atom stereocenters. The minimum absolute atomic E-state index is 0.0360. The fourth-order valence-corrected chi connectivity index (χ4v) is 2.44. The predicted molar refractivity (Wildman–Crippen MR) is 55.7 cm³/mol. The third kappa shape index (κ3) is 1.34. The monoisotopic (exact) mass is 193 g/mol. The van der Waals surface area contributed by atoms with Crippen molar-refractivity contribution in [2.45, 2.75) is 39.2 Å². The first-order chi connectivity index (χ1) is 6.61. The average molecular weight is 193 g/mol. The summed E-state index contributed by atoms with van der Waals surface area (Å²) in [6.07, 6.45) is 3.15. The molecule has 0 heterocycles. The van der Waals surface area contributed by atoms with Crippen LogP contribution in [0.15, 0.2) is 6.07 Å².